The SMILES string of the molecule is CC1(c2ccc(C#N)cc2)NC(=O)N(CC(=O)Nc2ccc(F)cc2)C1=O. The molecule has 0 spiro atoms. The molecule has 8 heteroatoms. The lowest BCUT2D eigenvalue weighted by molar-refractivity contribution is -0.133. The summed E-state index contributed by atoms with van der Waals surface area (Å²) in [6, 6.07) is 12.7. The summed E-state index contributed by atoms with van der Waals surface area (Å²) < 4.78 is 12.9. The van der Waals surface area contributed by atoms with Crippen molar-refractivity contribution in [3.63, 3.8) is 0 Å². The smallest absolute Gasteiger partial charge is 0.325 e. The second-order valence-corrected chi connectivity index (χ2v) is 6.19. The summed E-state index contributed by atoms with van der Waals surface area (Å²) in [5.74, 6) is -1.61. The fourth-order valence-corrected chi connectivity index (χ4v) is 2.79. The van der Waals surface area contributed by atoms with E-state index in [0.717, 1.165) is 4.90 Å². The maximum Gasteiger partial charge on any atom is 0.325 e. The highest BCUT2D eigenvalue weighted by Gasteiger charge is 2.49. The van der Waals surface area contributed by atoms with Crippen molar-refractivity contribution < 1.29 is 18.8 Å². The third-order valence-corrected chi connectivity index (χ3v) is 4.30. The maximum absolute atomic E-state index is 12.9. The van der Waals surface area contributed by atoms with Crippen LogP contribution >= 0.6 is 0 Å². The first-order valence-electron chi connectivity index (χ1n) is 8.03. The first-order valence-corrected chi connectivity index (χ1v) is 8.03. The number of amides is 4. The molecule has 2 aromatic carbocycles. The second-order valence-electron chi connectivity index (χ2n) is 6.19. The Bertz CT molecular complexity index is 950. The van der Waals surface area contributed by atoms with E-state index >= 15 is 0 Å². The molecule has 0 aromatic heterocycles. The first kappa shape index (κ1) is 18.1. The van der Waals surface area contributed by atoms with Gasteiger partial charge >= 0.3 is 6.03 Å². The van der Waals surface area contributed by atoms with Gasteiger partial charge in [0.2, 0.25) is 5.91 Å². The topological polar surface area (TPSA) is 102 Å². The molecule has 0 aliphatic carbocycles. The summed E-state index contributed by atoms with van der Waals surface area (Å²) in [6.07, 6.45) is 0. The summed E-state index contributed by atoms with van der Waals surface area (Å²) >= 11 is 0. The van der Waals surface area contributed by atoms with Gasteiger partial charge in [-0.3, -0.25) is 14.5 Å². The lowest BCUT2D eigenvalue weighted by atomic mass is 9.91. The zero-order chi connectivity index (χ0) is 19.6. The van der Waals surface area contributed by atoms with E-state index in [2.05, 4.69) is 10.6 Å². The van der Waals surface area contributed by atoms with Crippen LogP contribution in [0.3, 0.4) is 0 Å². The quantitative estimate of drug-likeness (QED) is 0.809. The summed E-state index contributed by atoms with van der Waals surface area (Å²) in [5, 5.41) is 14.0. The Morgan fingerprint density at radius 2 is 1.81 bits per heavy atom. The normalized spacial score (nSPS) is 18.8. The highest BCUT2D eigenvalue weighted by atomic mass is 19.1. The third-order valence-electron chi connectivity index (χ3n) is 4.30. The van der Waals surface area contributed by atoms with Crippen molar-refractivity contribution >= 4 is 23.5 Å². The molecule has 7 nitrogen and oxygen atoms in total. The van der Waals surface area contributed by atoms with E-state index in [1.807, 2.05) is 6.07 Å². The van der Waals surface area contributed by atoms with Crippen molar-refractivity contribution in [3.05, 3.63) is 65.5 Å². The lowest BCUT2D eigenvalue weighted by Crippen LogP contribution is -2.42. The van der Waals surface area contributed by atoms with Gasteiger partial charge in [0.25, 0.3) is 5.91 Å². The van der Waals surface area contributed by atoms with Crippen LogP contribution in [0.1, 0.15) is 18.1 Å². The molecule has 0 saturated carbocycles. The van der Waals surface area contributed by atoms with Gasteiger partial charge in [0, 0.05) is 5.69 Å². The van der Waals surface area contributed by atoms with Crippen molar-refractivity contribution in [1.29, 1.82) is 5.26 Å². The van der Waals surface area contributed by atoms with Gasteiger partial charge in [0.15, 0.2) is 0 Å². The minimum absolute atomic E-state index is 0.350. The molecule has 27 heavy (non-hydrogen) atoms. The number of nitriles is 1. The summed E-state index contributed by atoms with van der Waals surface area (Å²) in [7, 11) is 0. The predicted molar refractivity (Wildman–Crippen MR) is 93.8 cm³/mol. The highest BCUT2D eigenvalue weighted by molar-refractivity contribution is 6.10. The van der Waals surface area contributed by atoms with Gasteiger partial charge in [-0.1, -0.05) is 12.1 Å². The Labute approximate surface area is 154 Å². The van der Waals surface area contributed by atoms with Gasteiger partial charge in [0.1, 0.15) is 17.9 Å². The zero-order valence-corrected chi connectivity index (χ0v) is 14.3. The minimum atomic E-state index is -1.33. The number of hydrogen-bond donors (Lipinski definition) is 2. The highest BCUT2D eigenvalue weighted by Crippen LogP contribution is 2.29. The number of nitrogens with zero attached hydrogens (tertiary/aromatic N) is 2. The van der Waals surface area contributed by atoms with Gasteiger partial charge in [-0.15, -0.1) is 0 Å². The fourth-order valence-electron chi connectivity index (χ4n) is 2.79. The van der Waals surface area contributed by atoms with E-state index in [0.29, 0.717) is 16.8 Å². The Morgan fingerprint density at radius 3 is 2.41 bits per heavy atom. The second kappa shape index (κ2) is 6.88. The Hall–Kier alpha value is -3.73. The molecule has 2 N–H and O–H groups in total. The molecule has 0 bridgehead atoms. The van der Waals surface area contributed by atoms with Gasteiger partial charge < -0.3 is 10.6 Å². The number of halogens is 1. The molecule has 136 valence electrons. The van der Waals surface area contributed by atoms with Crippen molar-refractivity contribution in [2.24, 2.45) is 0 Å². The van der Waals surface area contributed by atoms with Crippen molar-refractivity contribution in [2.75, 3.05) is 11.9 Å². The molecular formula is C19H15FN4O3. The summed E-state index contributed by atoms with van der Waals surface area (Å²) in [6.45, 7) is 1.06. The van der Waals surface area contributed by atoms with Gasteiger partial charge in [-0.25, -0.2) is 9.18 Å². The molecule has 1 unspecified atom stereocenters. The first-order chi connectivity index (χ1) is 12.8. The van der Waals surface area contributed by atoms with Crippen molar-refractivity contribution in [1.82, 2.24) is 10.2 Å². The number of anilines is 1. The van der Waals surface area contributed by atoms with E-state index in [1.54, 1.807) is 24.3 Å². The predicted octanol–water partition coefficient (Wildman–Crippen LogP) is 2.10. The van der Waals surface area contributed by atoms with E-state index in [4.69, 9.17) is 5.26 Å². The van der Waals surface area contributed by atoms with Crippen LogP contribution < -0.4 is 10.6 Å². The maximum atomic E-state index is 12.9. The largest absolute Gasteiger partial charge is 0.325 e. The number of urea groups is 1. The number of rotatable bonds is 4. The molecule has 1 aliphatic heterocycles. The average Bonchev–Trinajstić information content (AvgIpc) is 2.88. The summed E-state index contributed by atoms with van der Waals surface area (Å²) in [4.78, 5) is 38.0. The Morgan fingerprint density at radius 1 is 1.19 bits per heavy atom. The number of nitrogens with one attached hydrogen (secondary N) is 2. The minimum Gasteiger partial charge on any atom is -0.325 e. The molecule has 1 aliphatic rings. The van der Waals surface area contributed by atoms with Gasteiger partial charge in [-0.2, -0.15) is 5.26 Å². The van der Waals surface area contributed by atoms with E-state index in [-0.39, 0.29) is 0 Å². The Balaban J connectivity index is 1.74. The molecule has 3 rings (SSSR count). The van der Waals surface area contributed by atoms with E-state index < -0.39 is 35.7 Å². The monoisotopic (exact) mass is 366 g/mol. The molecule has 4 amide bonds. The van der Waals surface area contributed by atoms with Crippen LogP contribution in [0.25, 0.3) is 0 Å². The van der Waals surface area contributed by atoms with Crippen LogP contribution in [0.15, 0.2) is 48.5 Å². The van der Waals surface area contributed by atoms with Gasteiger partial charge in [-0.05, 0) is 48.9 Å². The average molecular weight is 366 g/mol. The zero-order valence-electron chi connectivity index (χ0n) is 14.3. The standard InChI is InChI=1S/C19H15FN4O3/c1-19(13-4-2-12(10-21)3-5-13)17(26)24(18(27)23-19)11-16(25)22-15-8-6-14(20)7-9-15/h2-9H,11H2,1H3,(H,22,25)(H,23,27). The number of imide groups is 1. The van der Waals surface area contributed by atoms with Crippen molar-refractivity contribution in [2.45, 2.75) is 12.5 Å². The van der Waals surface area contributed by atoms with Crippen LogP contribution in [0.4, 0.5) is 14.9 Å². The Kier molecular flexibility index (Phi) is 4.60. The molecule has 2 aromatic rings. The van der Waals surface area contributed by atoms with Gasteiger partial charge in [0.05, 0.1) is 11.6 Å². The van der Waals surface area contributed by atoms with Crippen LogP contribution in [-0.2, 0) is 15.1 Å². The van der Waals surface area contributed by atoms with Crippen LogP contribution in [-0.4, -0.2) is 29.3 Å². The summed E-state index contributed by atoms with van der Waals surface area (Å²) in [5.41, 5.74) is -0.0550. The van der Waals surface area contributed by atoms with Crippen molar-refractivity contribution in [3.8, 4) is 6.07 Å². The number of hydrogen-bond acceptors (Lipinski definition) is 4. The molecule has 1 fully saturated rings. The molecule has 1 atom stereocenters. The van der Waals surface area contributed by atoms with Crippen LogP contribution in [0.2, 0.25) is 0 Å². The van der Waals surface area contributed by atoms with Crippen LogP contribution in [0.5, 0.6) is 0 Å². The lowest BCUT2D eigenvalue weighted by Gasteiger charge is -2.22. The van der Waals surface area contributed by atoms with Crippen LogP contribution in [0, 0.1) is 17.1 Å². The number of carbonyl (C=O) groups is 3. The molecule has 0 radical (unpaired) electrons. The third kappa shape index (κ3) is 3.48. The number of benzene rings is 2. The molecule has 1 saturated heterocycles. The molecule has 1 heterocycles. The number of carbonyl (C=O) groups excluding carboxylic acids is 3. The van der Waals surface area contributed by atoms with E-state index in [1.165, 1.54) is 31.2 Å². The fraction of sp³-hybridized carbons (Fsp3) is 0.158. The molecular weight excluding hydrogens is 351 g/mol. The van der Waals surface area contributed by atoms with E-state index in [9.17, 15) is 18.8 Å².